The van der Waals surface area contributed by atoms with Gasteiger partial charge in [0.25, 0.3) is 0 Å². The number of Topliss-reactive ketones (excluding diaryl/α,β-unsaturated/α-hetero) is 1. The number of ketones is 1. The molecule has 0 aromatic heterocycles. The van der Waals surface area contributed by atoms with Gasteiger partial charge in [0, 0.05) is 12.0 Å². The van der Waals surface area contributed by atoms with Crippen molar-refractivity contribution in [3.8, 4) is 0 Å². The number of benzene rings is 1. The Bertz CT molecular complexity index is 922. The van der Waals surface area contributed by atoms with Crippen LogP contribution in [-0.2, 0) is 19.2 Å². The van der Waals surface area contributed by atoms with Crippen LogP contribution in [0.4, 0.5) is 5.69 Å². The zero-order valence-electron chi connectivity index (χ0n) is 18.3. The van der Waals surface area contributed by atoms with Gasteiger partial charge in [0.2, 0.25) is 23.6 Å². The number of anilines is 1. The standard InChI is InChI=1S/C21H29N5O7/c1-10-18(30)15(26-21(33)13(22)9-27)7-16(28)12-5-3-4-6-14(12)25-20(32)11(2)24-17(29)8-23-19(10)31/h3-6,10-11,13,15,18,27,30H,7-9,22H2,1-2H3,(H,23,31)(H,24,29)(H,25,32)(H,26,33)/t10-,11+,13-,15+,18+/m0/s1. The highest BCUT2D eigenvalue weighted by atomic mass is 16.3. The third-order valence-electron chi connectivity index (χ3n) is 5.28. The Kier molecular flexibility index (Phi) is 9.02. The monoisotopic (exact) mass is 463 g/mol. The summed E-state index contributed by atoms with van der Waals surface area (Å²) in [4.78, 5) is 62.4. The molecule has 180 valence electrons. The lowest BCUT2D eigenvalue weighted by atomic mass is 9.91. The van der Waals surface area contributed by atoms with Gasteiger partial charge in [-0.3, -0.25) is 24.0 Å². The first-order chi connectivity index (χ1) is 15.5. The molecule has 4 amide bonds. The van der Waals surface area contributed by atoms with E-state index < -0.39 is 79.1 Å². The van der Waals surface area contributed by atoms with Gasteiger partial charge in [0.1, 0.15) is 12.1 Å². The molecule has 8 N–H and O–H groups in total. The number of rotatable bonds is 3. The normalized spacial score (nSPS) is 26.0. The van der Waals surface area contributed by atoms with Crippen LogP contribution in [0.25, 0.3) is 0 Å². The molecule has 1 aromatic carbocycles. The summed E-state index contributed by atoms with van der Waals surface area (Å²) in [6.45, 7) is 1.70. The zero-order valence-corrected chi connectivity index (χ0v) is 18.3. The summed E-state index contributed by atoms with van der Waals surface area (Å²) in [5.74, 6) is -4.41. The molecule has 1 aliphatic heterocycles. The average Bonchev–Trinajstić information content (AvgIpc) is 2.80. The molecule has 1 aromatic rings. The minimum atomic E-state index is -1.53. The third kappa shape index (κ3) is 6.81. The first-order valence-electron chi connectivity index (χ1n) is 10.4. The second-order valence-corrected chi connectivity index (χ2v) is 7.85. The fourth-order valence-corrected chi connectivity index (χ4v) is 3.21. The molecule has 5 atom stereocenters. The number of nitrogens with two attached hydrogens (primary N) is 1. The van der Waals surface area contributed by atoms with Crippen LogP contribution in [0.5, 0.6) is 0 Å². The van der Waals surface area contributed by atoms with E-state index in [-0.39, 0.29) is 11.3 Å². The molecule has 33 heavy (non-hydrogen) atoms. The average molecular weight is 463 g/mol. The van der Waals surface area contributed by atoms with E-state index in [2.05, 4.69) is 21.3 Å². The van der Waals surface area contributed by atoms with Gasteiger partial charge < -0.3 is 37.2 Å². The number of amides is 4. The minimum absolute atomic E-state index is 0.106. The summed E-state index contributed by atoms with van der Waals surface area (Å²) in [6.07, 6.45) is -1.96. The molecule has 12 nitrogen and oxygen atoms in total. The van der Waals surface area contributed by atoms with Crippen molar-refractivity contribution in [1.29, 1.82) is 0 Å². The Morgan fingerprint density at radius 1 is 1.18 bits per heavy atom. The fourth-order valence-electron chi connectivity index (χ4n) is 3.21. The number of carbonyl (C=O) groups is 5. The van der Waals surface area contributed by atoms with Crippen LogP contribution in [0, 0.1) is 5.92 Å². The van der Waals surface area contributed by atoms with Crippen LogP contribution in [0.1, 0.15) is 30.6 Å². The highest BCUT2D eigenvalue weighted by Crippen LogP contribution is 2.20. The topological polar surface area (TPSA) is 200 Å². The molecule has 2 rings (SSSR count). The third-order valence-corrected chi connectivity index (χ3v) is 5.28. The predicted octanol–water partition coefficient (Wildman–Crippen LogP) is -2.37. The summed E-state index contributed by atoms with van der Waals surface area (Å²) in [5.41, 5.74) is 5.81. The van der Waals surface area contributed by atoms with Crippen molar-refractivity contribution in [2.24, 2.45) is 11.7 Å². The number of para-hydroxylation sites is 1. The minimum Gasteiger partial charge on any atom is -0.394 e. The van der Waals surface area contributed by atoms with Gasteiger partial charge in [-0.1, -0.05) is 19.1 Å². The van der Waals surface area contributed by atoms with Gasteiger partial charge in [0.05, 0.1) is 36.9 Å². The molecule has 0 radical (unpaired) electrons. The van der Waals surface area contributed by atoms with Gasteiger partial charge >= 0.3 is 0 Å². The number of carbonyl (C=O) groups excluding carboxylic acids is 5. The van der Waals surface area contributed by atoms with E-state index in [0.717, 1.165) is 0 Å². The lowest BCUT2D eigenvalue weighted by Gasteiger charge is -2.28. The second-order valence-electron chi connectivity index (χ2n) is 7.85. The van der Waals surface area contributed by atoms with Crippen molar-refractivity contribution >= 4 is 35.1 Å². The van der Waals surface area contributed by atoms with Crippen molar-refractivity contribution in [2.45, 2.75) is 44.5 Å². The van der Waals surface area contributed by atoms with Gasteiger partial charge in [-0.2, -0.15) is 0 Å². The van der Waals surface area contributed by atoms with E-state index in [0.29, 0.717) is 0 Å². The van der Waals surface area contributed by atoms with Crippen molar-refractivity contribution in [3.63, 3.8) is 0 Å². The van der Waals surface area contributed by atoms with E-state index in [4.69, 9.17) is 10.8 Å². The maximum atomic E-state index is 13.1. The number of hydrogen-bond donors (Lipinski definition) is 7. The van der Waals surface area contributed by atoms with Gasteiger partial charge in [-0.15, -0.1) is 0 Å². The van der Waals surface area contributed by atoms with Crippen LogP contribution < -0.4 is 27.0 Å². The highest BCUT2D eigenvalue weighted by molar-refractivity contribution is 6.06. The van der Waals surface area contributed by atoms with Crippen molar-refractivity contribution in [1.82, 2.24) is 16.0 Å². The molecule has 1 aliphatic rings. The smallest absolute Gasteiger partial charge is 0.246 e. The SMILES string of the molecule is C[C@@H]1C(=O)NCC(=O)N[C@H](C)C(=O)Nc2ccccc2C(=O)C[C@@H](NC(=O)[C@@H](N)CO)[C@@H]1O. The van der Waals surface area contributed by atoms with Crippen molar-refractivity contribution in [3.05, 3.63) is 29.8 Å². The van der Waals surface area contributed by atoms with Crippen LogP contribution in [0.15, 0.2) is 24.3 Å². The second kappa shape index (κ2) is 11.5. The molecule has 0 saturated heterocycles. The van der Waals surface area contributed by atoms with E-state index in [1.807, 2.05) is 0 Å². The zero-order chi connectivity index (χ0) is 24.7. The Morgan fingerprint density at radius 2 is 1.85 bits per heavy atom. The van der Waals surface area contributed by atoms with E-state index in [9.17, 15) is 29.1 Å². The molecule has 0 fully saturated rings. The summed E-state index contributed by atoms with van der Waals surface area (Å²) in [6, 6.07) is 2.62. The molecule has 0 unspecified atom stereocenters. The first kappa shape index (κ1) is 25.9. The Morgan fingerprint density at radius 3 is 2.52 bits per heavy atom. The Balaban J connectivity index is 2.44. The maximum Gasteiger partial charge on any atom is 0.246 e. The molecule has 1 heterocycles. The number of fused-ring (bicyclic) bond motifs is 1. The number of aliphatic hydroxyl groups is 2. The summed E-state index contributed by atoms with van der Waals surface area (Å²) >= 11 is 0. The lowest BCUT2D eigenvalue weighted by Crippen LogP contribution is -2.55. The van der Waals surface area contributed by atoms with Crippen molar-refractivity contribution < 1.29 is 34.2 Å². The van der Waals surface area contributed by atoms with E-state index in [1.165, 1.54) is 26.0 Å². The lowest BCUT2D eigenvalue weighted by molar-refractivity contribution is -0.133. The van der Waals surface area contributed by atoms with Crippen LogP contribution in [0.3, 0.4) is 0 Å². The molecule has 0 saturated carbocycles. The van der Waals surface area contributed by atoms with Crippen LogP contribution in [-0.4, -0.2) is 77.0 Å². The number of hydrogen-bond acceptors (Lipinski definition) is 8. The van der Waals surface area contributed by atoms with Gasteiger partial charge in [0.15, 0.2) is 5.78 Å². The molecule has 12 heteroatoms. The molecular formula is C21H29N5O7. The highest BCUT2D eigenvalue weighted by Gasteiger charge is 2.34. The Hall–Kier alpha value is -3.35. The summed E-state index contributed by atoms with van der Waals surface area (Å²) in [7, 11) is 0. The molecule has 0 aliphatic carbocycles. The molecular weight excluding hydrogens is 434 g/mol. The maximum absolute atomic E-state index is 13.1. The summed E-state index contributed by atoms with van der Waals surface area (Å²) in [5, 5.41) is 29.7. The van der Waals surface area contributed by atoms with Crippen LogP contribution in [0.2, 0.25) is 0 Å². The van der Waals surface area contributed by atoms with Gasteiger partial charge in [-0.25, -0.2) is 0 Å². The largest absolute Gasteiger partial charge is 0.394 e. The molecule has 0 bridgehead atoms. The fraction of sp³-hybridized carbons (Fsp3) is 0.476. The molecule has 0 spiro atoms. The number of nitrogens with one attached hydrogen (secondary N) is 4. The number of aliphatic hydroxyl groups excluding tert-OH is 2. The first-order valence-corrected chi connectivity index (χ1v) is 10.4. The Labute approximate surface area is 190 Å². The quantitative estimate of drug-likeness (QED) is 0.258. The van der Waals surface area contributed by atoms with Gasteiger partial charge in [-0.05, 0) is 19.1 Å². The van der Waals surface area contributed by atoms with Crippen molar-refractivity contribution in [2.75, 3.05) is 18.5 Å². The predicted molar refractivity (Wildman–Crippen MR) is 117 cm³/mol. The van der Waals surface area contributed by atoms with E-state index in [1.54, 1.807) is 12.1 Å². The van der Waals surface area contributed by atoms with Crippen LogP contribution >= 0.6 is 0 Å². The van der Waals surface area contributed by atoms with E-state index >= 15 is 0 Å². The summed E-state index contributed by atoms with van der Waals surface area (Å²) < 4.78 is 0.